The maximum absolute atomic E-state index is 12.8. The number of ether oxygens (including phenoxy) is 1. The monoisotopic (exact) mass is 442 g/mol. The van der Waals surface area contributed by atoms with Gasteiger partial charge in [0.05, 0.1) is 23.4 Å². The summed E-state index contributed by atoms with van der Waals surface area (Å²) in [6.45, 7) is 0.429. The number of anilines is 1. The Morgan fingerprint density at radius 2 is 1.63 bits per heavy atom. The lowest BCUT2D eigenvalue weighted by Gasteiger charge is -2.14. The summed E-state index contributed by atoms with van der Waals surface area (Å²) < 4.78 is 5.10. The van der Waals surface area contributed by atoms with Crippen LogP contribution in [0.2, 0.25) is 10.0 Å². The molecule has 0 aliphatic heterocycles. The second-order valence-corrected chi connectivity index (χ2v) is 7.33. The van der Waals surface area contributed by atoms with E-state index in [1.807, 2.05) is 30.3 Å². The van der Waals surface area contributed by atoms with Gasteiger partial charge >= 0.3 is 0 Å². The fraction of sp³-hybridized carbons (Fsp3) is 0.130. The third-order valence-corrected chi connectivity index (χ3v) is 4.95. The van der Waals surface area contributed by atoms with Crippen molar-refractivity contribution in [3.8, 4) is 5.75 Å². The fourth-order valence-corrected chi connectivity index (χ4v) is 3.41. The molecule has 154 valence electrons. The van der Waals surface area contributed by atoms with E-state index in [9.17, 15) is 9.59 Å². The molecule has 30 heavy (non-hydrogen) atoms. The Balaban J connectivity index is 1.75. The molecule has 0 unspecified atom stereocenters. The zero-order chi connectivity index (χ0) is 21.5. The Morgan fingerprint density at radius 1 is 0.933 bits per heavy atom. The molecular formula is C23H20Cl2N2O3. The Labute approximate surface area is 185 Å². The van der Waals surface area contributed by atoms with Crippen LogP contribution >= 0.6 is 23.2 Å². The van der Waals surface area contributed by atoms with Gasteiger partial charge in [0.2, 0.25) is 0 Å². The lowest BCUT2D eigenvalue weighted by Crippen LogP contribution is -2.27. The van der Waals surface area contributed by atoms with Crippen molar-refractivity contribution < 1.29 is 14.3 Å². The molecule has 2 amide bonds. The van der Waals surface area contributed by atoms with Crippen molar-refractivity contribution in [2.45, 2.75) is 6.42 Å². The summed E-state index contributed by atoms with van der Waals surface area (Å²) in [5, 5.41) is 6.04. The summed E-state index contributed by atoms with van der Waals surface area (Å²) >= 11 is 12.4. The summed E-state index contributed by atoms with van der Waals surface area (Å²) in [7, 11) is 1.55. The van der Waals surface area contributed by atoms with Crippen molar-refractivity contribution >= 4 is 40.7 Å². The normalized spacial score (nSPS) is 10.4. The quantitative estimate of drug-likeness (QED) is 0.526. The Hall–Kier alpha value is -3.02. The second-order valence-electron chi connectivity index (χ2n) is 6.48. The highest BCUT2D eigenvalue weighted by molar-refractivity contribution is 6.38. The highest BCUT2D eigenvalue weighted by Crippen LogP contribution is 2.31. The predicted octanol–water partition coefficient (Wildman–Crippen LogP) is 5.23. The Bertz CT molecular complexity index is 1040. The lowest BCUT2D eigenvalue weighted by molar-refractivity contribution is 0.0955. The highest BCUT2D eigenvalue weighted by Gasteiger charge is 2.18. The van der Waals surface area contributed by atoms with Gasteiger partial charge in [-0.2, -0.15) is 0 Å². The number of hydrogen-bond donors (Lipinski definition) is 2. The molecule has 0 saturated heterocycles. The molecule has 0 aliphatic rings. The van der Waals surface area contributed by atoms with Crippen LogP contribution in [0.3, 0.4) is 0 Å². The van der Waals surface area contributed by atoms with Gasteiger partial charge in [-0.1, -0.05) is 53.5 Å². The Morgan fingerprint density at radius 3 is 2.30 bits per heavy atom. The zero-order valence-electron chi connectivity index (χ0n) is 16.2. The smallest absolute Gasteiger partial charge is 0.255 e. The molecule has 7 heteroatoms. The largest absolute Gasteiger partial charge is 0.497 e. The first-order valence-electron chi connectivity index (χ1n) is 9.24. The molecular weight excluding hydrogens is 423 g/mol. The summed E-state index contributed by atoms with van der Waals surface area (Å²) in [6, 6.07) is 19.4. The zero-order valence-corrected chi connectivity index (χ0v) is 17.8. The lowest BCUT2D eigenvalue weighted by atomic mass is 10.1. The standard InChI is InChI=1S/C23H20Cl2N2O3/c1-30-18-9-7-16(8-10-18)22(28)27-21-19(13-17(24)14-20(21)25)23(29)26-12-11-15-5-3-2-4-6-15/h2-10,13-14H,11-12H2,1H3,(H,26,29)(H,27,28). The number of rotatable bonds is 7. The van der Waals surface area contributed by atoms with E-state index < -0.39 is 5.91 Å². The third-order valence-electron chi connectivity index (χ3n) is 4.43. The van der Waals surface area contributed by atoms with Crippen LogP contribution in [-0.2, 0) is 6.42 Å². The van der Waals surface area contributed by atoms with E-state index in [2.05, 4.69) is 10.6 Å². The van der Waals surface area contributed by atoms with E-state index in [0.717, 1.165) is 5.56 Å². The average molecular weight is 443 g/mol. The molecule has 0 fully saturated rings. The number of halogens is 2. The Kier molecular flexibility index (Phi) is 7.33. The molecule has 0 aliphatic carbocycles. The average Bonchev–Trinajstić information content (AvgIpc) is 2.76. The van der Waals surface area contributed by atoms with Crippen LogP contribution in [0.25, 0.3) is 0 Å². The number of nitrogens with one attached hydrogen (secondary N) is 2. The van der Waals surface area contributed by atoms with Crippen LogP contribution in [-0.4, -0.2) is 25.5 Å². The summed E-state index contributed by atoms with van der Waals surface area (Å²) in [6.07, 6.45) is 0.675. The molecule has 0 bridgehead atoms. The minimum Gasteiger partial charge on any atom is -0.497 e. The molecule has 3 aromatic carbocycles. The van der Waals surface area contributed by atoms with Gasteiger partial charge in [-0.3, -0.25) is 9.59 Å². The van der Waals surface area contributed by atoms with Gasteiger partial charge in [0, 0.05) is 17.1 Å². The number of carbonyl (C=O) groups excluding carboxylic acids is 2. The van der Waals surface area contributed by atoms with Crippen LogP contribution < -0.4 is 15.4 Å². The van der Waals surface area contributed by atoms with Crippen molar-refractivity contribution in [3.63, 3.8) is 0 Å². The number of carbonyl (C=O) groups is 2. The fourth-order valence-electron chi connectivity index (χ4n) is 2.87. The van der Waals surface area contributed by atoms with E-state index in [0.29, 0.717) is 29.3 Å². The summed E-state index contributed by atoms with van der Waals surface area (Å²) in [5.74, 6) is -0.143. The van der Waals surface area contributed by atoms with E-state index in [-0.39, 0.29) is 22.2 Å². The minimum absolute atomic E-state index is 0.178. The van der Waals surface area contributed by atoms with Gasteiger partial charge in [-0.15, -0.1) is 0 Å². The van der Waals surface area contributed by atoms with Gasteiger partial charge in [0.1, 0.15) is 5.75 Å². The van der Waals surface area contributed by atoms with Gasteiger partial charge < -0.3 is 15.4 Å². The first-order valence-corrected chi connectivity index (χ1v) is 10.00. The first-order chi connectivity index (χ1) is 14.5. The van der Waals surface area contributed by atoms with E-state index >= 15 is 0 Å². The highest BCUT2D eigenvalue weighted by atomic mass is 35.5. The van der Waals surface area contributed by atoms with Crippen LogP contribution in [0.4, 0.5) is 5.69 Å². The number of amides is 2. The molecule has 3 aromatic rings. The molecule has 2 N–H and O–H groups in total. The third kappa shape index (κ3) is 5.53. The van der Waals surface area contributed by atoms with E-state index in [4.69, 9.17) is 27.9 Å². The van der Waals surface area contributed by atoms with Crippen LogP contribution in [0.1, 0.15) is 26.3 Å². The van der Waals surface area contributed by atoms with Gasteiger partial charge in [0.25, 0.3) is 11.8 Å². The predicted molar refractivity (Wildman–Crippen MR) is 120 cm³/mol. The first kappa shape index (κ1) is 21.7. The van der Waals surface area contributed by atoms with Crippen molar-refractivity contribution in [3.05, 3.63) is 93.5 Å². The molecule has 5 nitrogen and oxygen atoms in total. The maximum atomic E-state index is 12.8. The minimum atomic E-state index is -0.403. The van der Waals surface area contributed by atoms with Crippen LogP contribution in [0.15, 0.2) is 66.7 Å². The SMILES string of the molecule is COc1ccc(C(=O)Nc2c(Cl)cc(Cl)cc2C(=O)NCCc2ccccc2)cc1. The van der Waals surface area contributed by atoms with Gasteiger partial charge in [-0.25, -0.2) is 0 Å². The van der Waals surface area contributed by atoms with E-state index in [1.54, 1.807) is 31.4 Å². The molecule has 0 spiro atoms. The molecule has 0 heterocycles. The molecule has 3 rings (SSSR count). The van der Waals surface area contributed by atoms with Crippen LogP contribution in [0, 0.1) is 0 Å². The van der Waals surface area contributed by atoms with Crippen molar-refractivity contribution in [2.24, 2.45) is 0 Å². The molecule has 0 atom stereocenters. The topological polar surface area (TPSA) is 67.4 Å². The number of methoxy groups -OCH3 is 1. The summed E-state index contributed by atoms with van der Waals surface area (Å²) in [4.78, 5) is 25.4. The second kappa shape index (κ2) is 10.1. The molecule has 0 aromatic heterocycles. The van der Waals surface area contributed by atoms with Gasteiger partial charge in [0.15, 0.2) is 0 Å². The number of hydrogen-bond acceptors (Lipinski definition) is 3. The molecule has 0 radical (unpaired) electrons. The number of benzene rings is 3. The maximum Gasteiger partial charge on any atom is 0.255 e. The van der Waals surface area contributed by atoms with Crippen molar-refractivity contribution in [2.75, 3.05) is 19.0 Å². The molecule has 0 saturated carbocycles. The van der Waals surface area contributed by atoms with Gasteiger partial charge in [-0.05, 0) is 48.4 Å². The van der Waals surface area contributed by atoms with Crippen molar-refractivity contribution in [1.82, 2.24) is 5.32 Å². The van der Waals surface area contributed by atoms with Crippen LogP contribution in [0.5, 0.6) is 5.75 Å². The van der Waals surface area contributed by atoms with E-state index in [1.165, 1.54) is 12.1 Å². The van der Waals surface area contributed by atoms with Crippen molar-refractivity contribution in [1.29, 1.82) is 0 Å². The summed E-state index contributed by atoms with van der Waals surface area (Å²) in [5.41, 5.74) is 1.91.